The van der Waals surface area contributed by atoms with Crippen molar-refractivity contribution in [3.05, 3.63) is 48.4 Å². The first-order valence-corrected chi connectivity index (χ1v) is 8.14. The molecule has 2 atom stereocenters. The van der Waals surface area contributed by atoms with Gasteiger partial charge in [0.25, 0.3) is 11.8 Å². The zero-order chi connectivity index (χ0) is 18.5. The van der Waals surface area contributed by atoms with E-state index < -0.39 is 11.9 Å². The summed E-state index contributed by atoms with van der Waals surface area (Å²) in [5, 5.41) is 5.37. The number of nitrogens with two attached hydrogens (primary N) is 1. The lowest BCUT2D eigenvalue weighted by Crippen LogP contribution is -2.46. The van der Waals surface area contributed by atoms with Gasteiger partial charge < -0.3 is 20.4 Å². The van der Waals surface area contributed by atoms with Crippen LogP contribution in [0.25, 0.3) is 0 Å². The third kappa shape index (κ3) is 3.89. The number of hydrogen-bond donors (Lipinski definition) is 3. The zero-order valence-corrected chi connectivity index (χ0v) is 13.9. The Kier molecular flexibility index (Phi) is 5.28. The average Bonchev–Trinajstić information content (AvgIpc) is 3.31. The van der Waals surface area contributed by atoms with E-state index in [1.165, 1.54) is 17.4 Å². The quantitative estimate of drug-likeness (QED) is 0.689. The molecule has 3 rings (SSSR count). The number of nitrogens with one attached hydrogen (secondary N) is 2. The Balaban J connectivity index is 1.69. The highest BCUT2D eigenvalue weighted by Crippen LogP contribution is 2.20. The molecule has 3 amide bonds. The topological polar surface area (TPSA) is 131 Å². The van der Waals surface area contributed by atoms with Gasteiger partial charge in [0, 0.05) is 18.2 Å². The first kappa shape index (κ1) is 17.6. The van der Waals surface area contributed by atoms with Crippen molar-refractivity contribution in [2.75, 3.05) is 18.4 Å². The second-order valence-electron chi connectivity index (χ2n) is 5.86. The molecule has 4 N–H and O–H groups in total. The fourth-order valence-corrected chi connectivity index (χ4v) is 2.91. The van der Waals surface area contributed by atoms with E-state index in [1.807, 2.05) is 6.07 Å². The summed E-state index contributed by atoms with van der Waals surface area (Å²) < 4.78 is 4.99. The molecule has 1 aromatic carbocycles. The molecular weight excluding hydrogens is 338 g/mol. The van der Waals surface area contributed by atoms with Gasteiger partial charge in [0.1, 0.15) is 12.3 Å². The summed E-state index contributed by atoms with van der Waals surface area (Å²) >= 11 is 0. The highest BCUT2D eigenvalue weighted by molar-refractivity contribution is 5.97. The minimum atomic E-state index is -0.765. The van der Waals surface area contributed by atoms with E-state index in [4.69, 9.17) is 10.2 Å². The lowest BCUT2D eigenvalue weighted by molar-refractivity contribution is -0.135. The van der Waals surface area contributed by atoms with Gasteiger partial charge in [-0.2, -0.15) is 0 Å². The molecule has 136 valence electrons. The smallest absolute Gasteiger partial charge is 0.301 e. The minimum Gasteiger partial charge on any atom is -0.432 e. The highest BCUT2D eigenvalue weighted by atomic mass is 16.4. The van der Waals surface area contributed by atoms with Gasteiger partial charge in [-0.1, -0.05) is 18.2 Å². The van der Waals surface area contributed by atoms with Crippen molar-refractivity contribution in [2.45, 2.75) is 18.5 Å². The van der Waals surface area contributed by atoms with E-state index in [-0.39, 0.29) is 43.4 Å². The summed E-state index contributed by atoms with van der Waals surface area (Å²) in [7, 11) is 0. The fraction of sp³-hybridized carbons (Fsp3) is 0.294. The Morgan fingerprint density at radius 3 is 2.69 bits per heavy atom. The van der Waals surface area contributed by atoms with Gasteiger partial charge in [-0.15, -0.1) is 0 Å². The normalized spacial score (nSPS) is 19.2. The van der Waals surface area contributed by atoms with Crippen LogP contribution in [0.4, 0.5) is 6.01 Å². The van der Waals surface area contributed by atoms with Crippen LogP contribution in [0, 0.1) is 0 Å². The molecule has 2 aromatic rings. The maximum atomic E-state index is 12.5. The minimum absolute atomic E-state index is 0.0481. The van der Waals surface area contributed by atoms with Crippen molar-refractivity contribution >= 4 is 23.7 Å². The van der Waals surface area contributed by atoms with E-state index in [2.05, 4.69) is 15.6 Å². The Morgan fingerprint density at radius 2 is 2.04 bits per heavy atom. The molecule has 9 nitrogen and oxygen atoms in total. The van der Waals surface area contributed by atoms with Crippen LogP contribution < -0.4 is 16.4 Å². The Labute approximate surface area is 149 Å². The third-order valence-electron chi connectivity index (χ3n) is 4.13. The second kappa shape index (κ2) is 7.79. The van der Waals surface area contributed by atoms with Gasteiger partial charge in [0.05, 0.1) is 12.7 Å². The number of benzene rings is 1. The van der Waals surface area contributed by atoms with Crippen molar-refractivity contribution < 1.29 is 18.8 Å². The summed E-state index contributed by atoms with van der Waals surface area (Å²) in [4.78, 5) is 42.1. The third-order valence-corrected chi connectivity index (χ3v) is 4.13. The zero-order valence-electron chi connectivity index (χ0n) is 13.9. The van der Waals surface area contributed by atoms with E-state index >= 15 is 0 Å². The van der Waals surface area contributed by atoms with E-state index in [1.54, 1.807) is 24.3 Å². The number of hydrogen-bond acceptors (Lipinski definition) is 6. The van der Waals surface area contributed by atoms with Crippen molar-refractivity contribution in [3.8, 4) is 0 Å². The van der Waals surface area contributed by atoms with Crippen molar-refractivity contribution in [1.29, 1.82) is 0 Å². The van der Waals surface area contributed by atoms with Crippen LogP contribution in [0.1, 0.15) is 16.8 Å². The number of nitrogens with zero attached hydrogens (tertiary/aromatic N) is 2. The lowest BCUT2D eigenvalue weighted by atomic mass is 10.1. The van der Waals surface area contributed by atoms with Crippen LogP contribution in [0.5, 0.6) is 0 Å². The summed E-state index contributed by atoms with van der Waals surface area (Å²) in [5.41, 5.74) is 5.96. The summed E-state index contributed by atoms with van der Waals surface area (Å²) in [6, 6.07) is 7.65. The molecule has 9 heteroatoms. The van der Waals surface area contributed by atoms with Crippen molar-refractivity contribution in [3.63, 3.8) is 0 Å². The molecule has 1 saturated heterocycles. The Morgan fingerprint density at radius 1 is 1.27 bits per heavy atom. The van der Waals surface area contributed by atoms with Crippen LogP contribution in [0.3, 0.4) is 0 Å². The standard InChI is InChI=1S/C17H19N5O4/c18-9-14(23)22-10-12(20-15(24)11-4-2-1-3-5-11)8-13(22)16(25)21-17-19-6-7-26-17/h1-7,12-13H,8-10,18H2,(H,20,24)(H,19,21,25)/t12-,13+/m1/s1. The number of anilines is 1. The van der Waals surface area contributed by atoms with Crippen molar-refractivity contribution in [2.24, 2.45) is 5.73 Å². The molecule has 1 fully saturated rings. The van der Waals surface area contributed by atoms with E-state index in [0.717, 1.165) is 0 Å². The van der Waals surface area contributed by atoms with Gasteiger partial charge in [-0.25, -0.2) is 4.98 Å². The second-order valence-corrected chi connectivity index (χ2v) is 5.86. The van der Waals surface area contributed by atoms with E-state index in [9.17, 15) is 14.4 Å². The summed E-state index contributed by atoms with van der Waals surface area (Å²) in [5.74, 6) is -1.07. The number of amides is 3. The van der Waals surface area contributed by atoms with Crippen molar-refractivity contribution in [1.82, 2.24) is 15.2 Å². The molecule has 2 heterocycles. The number of carbonyl (C=O) groups excluding carboxylic acids is 3. The van der Waals surface area contributed by atoms with Crippen LogP contribution in [0.15, 0.2) is 47.2 Å². The van der Waals surface area contributed by atoms with Gasteiger partial charge in [0.15, 0.2) is 0 Å². The molecule has 0 saturated carbocycles. The van der Waals surface area contributed by atoms with Crippen LogP contribution in [0.2, 0.25) is 0 Å². The summed E-state index contributed by atoms with van der Waals surface area (Å²) in [6.45, 7) is -0.0135. The molecule has 1 aliphatic rings. The maximum absolute atomic E-state index is 12.5. The molecule has 0 radical (unpaired) electrons. The SMILES string of the molecule is NCC(=O)N1C[C@H](NC(=O)c2ccccc2)C[C@H]1C(=O)Nc1ncco1. The average molecular weight is 357 g/mol. The number of oxazole rings is 1. The predicted molar refractivity (Wildman–Crippen MR) is 92.0 cm³/mol. The van der Waals surface area contributed by atoms with Crippen LogP contribution in [-0.4, -0.2) is 52.8 Å². The molecule has 0 bridgehead atoms. The highest BCUT2D eigenvalue weighted by Gasteiger charge is 2.40. The molecule has 0 unspecified atom stereocenters. The molecule has 0 spiro atoms. The molecule has 1 aliphatic heterocycles. The number of carbonyl (C=O) groups is 3. The van der Waals surface area contributed by atoms with Gasteiger partial charge >= 0.3 is 6.01 Å². The van der Waals surface area contributed by atoms with Gasteiger partial charge in [-0.05, 0) is 18.6 Å². The maximum Gasteiger partial charge on any atom is 0.301 e. The first-order chi connectivity index (χ1) is 12.6. The fourth-order valence-electron chi connectivity index (χ4n) is 2.91. The molecule has 1 aromatic heterocycles. The lowest BCUT2D eigenvalue weighted by Gasteiger charge is -2.22. The number of rotatable bonds is 5. The van der Waals surface area contributed by atoms with Gasteiger partial charge in [-0.3, -0.25) is 19.7 Å². The predicted octanol–water partition coefficient (Wildman–Crippen LogP) is -0.0287. The Hall–Kier alpha value is -3.20. The molecule has 26 heavy (non-hydrogen) atoms. The summed E-state index contributed by atoms with van der Waals surface area (Å²) in [6.07, 6.45) is 3.00. The van der Waals surface area contributed by atoms with Gasteiger partial charge in [0.2, 0.25) is 5.91 Å². The first-order valence-electron chi connectivity index (χ1n) is 8.14. The largest absolute Gasteiger partial charge is 0.432 e. The van der Waals surface area contributed by atoms with E-state index in [0.29, 0.717) is 5.56 Å². The number of aromatic nitrogens is 1. The molecular formula is C17H19N5O4. The monoisotopic (exact) mass is 357 g/mol. The van der Waals surface area contributed by atoms with Crippen LogP contribution >= 0.6 is 0 Å². The number of likely N-dealkylation sites (tertiary alicyclic amines) is 1. The molecule has 0 aliphatic carbocycles. The van der Waals surface area contributed by atoms with Crippen LogP contribution in [-0.2, 0) is 9.59 Å². The Bertz CT molecular complexity index is 778.